The summed E-state index contributed by atoms with van der Waals surface area (Å²) in [5.74, 6) is 1.65. The first-order valence-corrected chi connectivity index (χ1v) is 6.88. The minimum Gasteiger partial charge on any atom is -0.352 e. The maximum atomic E-state index is 11.7. The first-order chi connectivity index (χ1) is 7.02. The highest BCUT2D eigenvalue weighted by atomic mass is 79.9. The first kappa shape index (κ1) is 13.0. The van der Waals surface area contributed by atoms with Gasteiger partial charge in [0.05, 0.1) is 4.83 Å². The molecule has 88 valence electrons. The van der Waals surface area contributed by atoms with Gasteiger partial charge in [0, 0.05) is 6.04 Å². The third-order valence-electron chi connectivity index (χ3n) is 3.17. The molecule has 3 unspecified atom stereocenters. The van der Waals surface area contributed by atoms with E-state index in [-0.39, 0.29) is 10.7 Å². The molecule has 0 bridgehead atoms. The van der Waals surface area contributed by atoms with Gasteiger partial charge in [0.25, 0.3) is 0 Å². The van der Waals surface area contributed by atoms with Gasteiger partial charge in [-0.1, -0.05) is 36.7 Å². The van der Waals surface area contributed by atoms with Crippen molar-refractivity contribution < 1.29 is 4.79 Å². The SMILES string of the molecule is CCC(Br)C(=O)NC1CC(C)CC(C)C1. The summed E-state index contributed by atoms with van der Waals surface area (Å²) < 4.78 is 0. The first-order valence-electron chi connectivity index (χ1n) is 5.97. The van der Waals surface area contributed by atoms with Crippen molar-refractivity contribution in [3.8, 4) is 0 Å². The highest BCUT2D eigenvalue weighted by Crippen LogP contribution is 2.28. The quantitative estimate of drug-likeness (QED) is 0.788. The van der Waals surface area contributed by atoms with E-state index in [9.17, 15) is 4.79 Å². The van der Waals surface area contributed by atoms with Crippen molar-refractivity contribution in [2.45, 2.75) is 57.3 Å². The van der Waals surface area contributed by atoms with Crippen LogP contribution in [0.1, 0.15) is 46.5 Å². The Hall–Kier alpha value is -0.0500. The molecule has 15 heavy (non-hydrogen) atoms. The third kappa shape index (κ3) is 4.13. The summed E-state index contributed by atoms with van der Waals surface area (Å²) >= 11 is 3.39. The molecule has 3 atom stereocenters. The zero-order valence-corrected chi connectivity index (χ0v) is 11.5. The second kappa shape index (κ2) is 5.88. The molecular weight excluding hydrogens is 254 g/mol. The van der Waals surface area contributed by atoms with E-state index in [0.29, 0.717) is 6.04 Å². The largest absolute Gasteiger partial charge is 0.352 e. The number of alkyl halides is 1. The number of hydrogen-bond donors (Lipinski definition) is 1. The second-order valence-electron chi connectivity index (χ2n) is 5.00. The Bertz CT molecular complexity index is 210. The van der Waals surface area contributed by atoms with Gasteiger partial charge in [-0.05, 0) is 37.5 Å². The lowest BCUT2D eigenvalue weighted by Crippen LogP contribution is -2.43. The van der Waals surface area contributed by atoms with Gasteiger partial charge in [0.15, 0.2) is 0 Å². The van der Waals surface area contributed by atoms with Gasteiger partial charge < -0.3 is 5.32 Å². The molecule has 0 heterocycles. The minimum atomic E-state index is -0.0231. The van der Waals surface area contributed by atoms with E-state index in [2.05, 4.69) is 35.1 Å². The van der Waals surface area contributed by atoms with Crippen LogP contribution in [0, 0.1) is 11.8 Å². The van der Waals surface area contributed by atoms with Gasteiger partial charge in [0.2, 0.25) is 5.91 Å². The Kier molecular flexibility index (Phi) is 5.10. The Morgan fingerprint density at radius 3 is 2.33 bits per heavy atom. The number of carbonyl (C=O) groups excluding carboxylic acids is 1. The molecular formula is C12H22BrNO. The van der Waals surface area contributed by atoms with Crippen LogP contribution in [0.25, 0.3) is 0 Å². The van der Waals surface area contributed by atoms with E-state index in [1.807, 2.05) is 6.92 Å². The van der Waals surface area contributed by atoms with Crippen molar-refractivity contribution in [1.29, 1.82) is 0 Å². The van der Waals surface area contributed by atoms with Gasteiger partial charge in [-0.3, -0.25) is 4.79 Å². The Labute approximate surface area is 101 Å². The van der Waals surface area contributed by atoms with E-state index in [1.54, 1.807) is 0 Å². The average molecular weight is 276 g/mol. The number of rotatable bonds is 3. The molecule has 0 aromatic rings. The van der Waals surface area contributed by atoms with Crippen LogP contribution in [0.5, 0.6) is 0 Å². The molecule has 0 radical (unpaired) electrons. The second-order valence-corrected chi connectivity index (χ2v) is 6.10. The van der Waals surface area contributed by atoms with Gasteiger partial charge in [0.1, 0.15) is 0 Å². The van der Waals surface area contributed by atoms with Crippen LogP contribution in [0.15, 0.2) is 0 Å². The van der Waals surface area contributed by atoms with E-state index in [1.165, 1.54) is 6.42 Å². The molecule has 1 saturated carbocycles. The smallest absolute Gasteiger partial charge is 0.233 e. The maximum Gasteiger partial charge on any atom is 0.233 e. The van der Waals surface area contributed by atoms with Gasteiger partial charge in [-0.15, -0.1) is 0 Å². The molecule has 0 spiro atoms. The van der Waals surface area contributed by atoms with Crippen molar-refractivity contribution >= 4 is 21.8 Å². The van der Waals surface area contributed by atoms with Crippen LogP contribution in [0.3, 0.4) is 0 Å². The maximum absolute atomic E-state index is 11.7. The molecule has 3 heteroatoms. The minimum absolute atomic E-state index is 0.0231. The Morgan fingerprint density at radius 1 is 1.33 bits per heavy atom. The standard InChI is InChI=1S/C12H22BrNO/c1-4-11(13)12(15)14-10-6-8(2)5-9(3)7-10/h8-11H,4-7H2,1-3H3,(H,14,15). The van der Waals surface area contributed by atoms with Crippen LogP contribution in [-0.4, -0.2) is 16.8 Å². The molecule has 1 N–H and O–H groups in total. The van der Waals surface area contributed by atoms with E-state index in [4.69, 9.17) is 0 Å². The molecule has 0 aliphatic heterocycles. The summed E-state index contributed by atoms with van der Waals surface area (Å²) in [4.78, 5) is 11.7. The molecule has 1 aliphatic rings. The van der Waals surface area contributed by atoms with Gasteiger partial charge >= 0.3 is 0 Å². The monoisotopic (exact) mass is 275 g/mol. The van der Waals surface area contributed by atoms with Crippen molar-refractivity contribution in [2.24, 2.45) is 11.8 Å². The highest BCUT2D eigenvalue weighted by Gasteiger charge is 2.26. The molecule has 2 nitrogen and oxygen atoms in total. The van der Waals surface area contributed by atoms with Crippen LogP contribution in [-0.2, 0) is 4.79 Å². The highest BCUT2D eigenvalue weighted by molar-refractivity contribution is 9.10. The topological polar surface area (TPSA) is 29.1 Å². The molecule has 1 amide bonds. The number of amides is 1. The van der Waals surface area contributed by atoms with Crippen molar-refractivity contribution in [3.05, 3.63) is 0 Å². The number of carbonyl (C=O) groups is 1. The van der Waals surface area contributed by atoms with Gasteiger partial charge in [-0.2, -0.15) is 0 Å². The van der Waals surface area contributed by atoms with Gasteiger partial charge in [-0.25, -0.2) is 0 Å². The summed E-state index contributed by atoms with van der Waals surface area (Å²) in [6.45, 7) is 6.58. The Balaban J connectivity index is 2.40. The summed E-state index contributed by atoms with van der Waals surface area (Å²) in [7, 11) is 0. The molecule has 1 rings (SSSR count). The predicted molar refractivity (Wildman–Crippen MR) is 67.1 cm³/mol. The van der Waals surface area contributed by atoms with Crippen LogP contribution >= 0.6 is 15.9 Å². The fourth-order valence-electron chi connectivity index (χ4n) is 2.54. The molecule has 1 fully saturated rings. The Morgan fingerprint density at radius 2 is 1.87 bits per heavy atom. The predicted octanol–water partition coefficient (Wildman–Crippen LogP) is 3.10. The normalized spacial score (nSPS) is 33.5. The summed E-state index contributed by atoms with van der Waals surface area (Å²) in [6, 6.07) is 0.392. The molecule has 0 aromatic carbocycles. The van der Waals surface area contributed by atoms with Crippen LogP contribution in [0.2, 0.25) is 0 Å². The summed E-state index contributed by atoms with van der Waals surface area (Å²) in [5.41, 5.74) is 0. The molecule has 0 aromatic heterocycles. The van der Waals surface area contributed by atoms with E-state index >= 15 is 0 Å². The lowest BCUT2D eigenvalue weighted by Gasteiger charge is -2.32. The van der Waals surface area contributed by atoms with Crippen molar-refractivity contribution in [2.75, 3.05) is 0 Å². The summed E-state index contributed by atoms with van der Waals surface area (Å²) in [6.07, 6.45) is 4.43. The zero-order chi connectivity index (χ0) is 11.4. The lowest BCUT2D eigenvalue weighted by molar-refractivity contribution is -0.121. The fourth-order valence-corrected chi connectivity index (χ4v) is 2.67. The third-order valence-corrected chi connectivity index (χ3v) is 4.23. The van der Waals surface area contributed by atoms with E-state index < -0.39 is 0 Å². The van der Waals surface area contributed by atoms with Crippen LogP contribution < -0.4 is 5.32 Å². The molecule has 1 aliphatic carbocycles. The number of hydrogen-bond acceptors (Lipinski definition) is 1. The van der Waals surface area contributed by atoms with Crippen molar-refractivity contribution in [1.82, 2.24) is 5.32 Å². The van der Waals surface area contributed by atoms with Crippen LogP contribution in [0.4, 0.5) is 0 Å². The average Bonchev–Trinajstić information content (AvgIpc) is 2.14. The summed E-state index contributed by atoms with van der Waals surface area (Å²) in [5, 5.41) is 3.14. The zero-order valence-electron chi connectivity index (χ0n) is 9.92. The number of halogens is 1. The fraction of sp³-hybridized carbons (Fsp3) is 0.917. The van der Waals surface area contributed by atoms with Crippen molar-refractivity contribution in [3.63, 3.8) is 0 Å². The molecule has 0 saturated heterocycles. The van der Waals surface area contributed by atoms with E-state index in [0.717, 1.165) is 31.1 Å². The lowest BCUT2D eigenvalue weighted by atomic mass is 9.80. The number of nitrogens with one attached hydrogen (secondary N) is 1.